The monoisotopic (exact) mass is 193 g/mol. The Hall–Kier alpha value is -0.530. The van der Waals surface area contributed by atoms with Gasteiger partial charge in [-0.05, 0) is 55.8 Å². The molecule has 0 aliphatic heterocycles. The lowest BCUT2D eigenvalue weighted by Gasteiger charge is -2.59. The summed E-state index contributed by atoms with van der Waals surface area (Å²) in [6, 6.07) is 0. The number of hydrogen-bond donors (Lipinski definition) is 1. The Kier molecular flexibility index (Phi) is 1.71. The normalized spacial score (nSPS) is 55.8. The lowest BCUT2D eigenvalue weighted by atomic mass is 9.46. The number of oxime groups is 1. The second kappa shape index (κ2) is 2.74. The molecule has 14 heavy (non-hydrogen) atoms. The van der Waals surface area contributed by atoms with Crippen LogP contribution in [0, 0.1) is 29.1 Å². The molecule has 0 amide bonds. The fourth-order valence-corrected chi connectivity index (χ4v) is 4.70. The third kappa shape index (κ3) is 0.999. The highest BCUT2D eigenvalue weighted by Crippen LogP contribution is 2.61. The van der Waals surface area contributed by atoms with Crippen LogP contribution >= 0.6 is 0 Å². The fraction of sp³-hybridized carbons (Fsp3) is 0.917. The van der Waals surface area contributed by atoms with Gasteiger partial charge < -0.3 is 5.21 Å². The molecule has 0 radical (unpaired) electrons. The fourth-order valence-electron chi connectivity index (χ4n) is 4.70. The van der Waals surface area contributed by atoms with Crippen LogP contribution in [0.15, 0.2) is 5.16 Å². The van der Waals surface area contributed by atoms with Crippen molar-refractivity contribution in [2.45, 2.75) is 39.0 Å². The molecule has 0 spiro atoms. The van der Waals surface area contributed by atoms with E-state index in [0.717, 1.165) is 23.7 Å². The lowest BCUT2D eigenvalue weighted by Crippen LogP contribution is -2.52. The van der Waals surface area contributed by atoms with Crippen molar-refractivity contribution < 1.29 is 5.21 Å². The van der Waals surface area contributed by atoms with Crippen molar-refractivity contribution in [1.82, 2.24) is 0 Å². The summed E-state index contributed by atoms with van der Waals surface area (Å²) in [6.45, 7) is 2.37. The summed E-state index contributed by atoms with van der Waals surface area (Å²) in [6.07, 6.45) is 8.76. The van der Waals surface area contributed by atoms with E-state index in [-0.39, 0.29) is 5.41 Å². The van der Waals surface area contributed by atoms with E-state index in [9.17, 15) is 0 Å². The van der Waals surface area contributed by atoms with Crippen LogP contribution < -0.4 is 0 Å². The first kappa shape index (κ1) is 8.75. The smallest absolute Gasteiger partial charge is 0.0500 e. The van der Waals surface area contributed by atoms with Gasteiger partial charge >= 0.3 is 0 Å². The summed E-state index contributed by atoms with van der Waals surface area (Å²) < 4.78 is 0. The van der Waals surface area contributed by atoms with Crippen molar-refractivity contribution >= 4 is 6.21 Å². The summed E-state index contributed by atoms with van der Waals surface area (Å²) >= 11 is 0. The molecule has 0 heterocycles. The first-order valence-electron chi connectivity index (χ1n) is 5.92. The third-order valence-corrected chi connectivity index (χ3v) is 5.21. The Bertz CT molecular complexity index is 259. The second-order valence-electron chi connectivity index (χ2n) is 5.87. The minimum atomic E-state index is 0.267. The zero-order valence-corrected chi connectivity index (χ0v) is 8.82. The van der Waals surface area contributed by atoms with Crippen LogP contribution in [-0.4, -0.2) is 11.4 Å². The standard InChI is InChI=1S/C12H19NO/c1-8-11-3-9-2-10(4-11)6-12(8,5-9)7-13-14/h7-11,14H,2-6H2,1H3. The average Bonchev–Trinajstić information content (AvgIpc) is 2.13. The zero-order valence-electron chi connectivity index (χ0n) is 8.82. The third-order valence-electron chi connectivity index (χ3n) is 5.21. The van der Waals surface area contributed by atoms with Gasteiger partial charge in [-0.15, -0.1) is 5.16 Å². The van der Waals surface area contributed by atoms with Crippen LogP contribution in [0.4, 0.5) is 0 Å². The Balaban J connectivity index is 1.97. The quantitative estimate of drug-likeness (QED) is 0.387. The number of rotatable bonds is 1. The Morgan fingerprint density at radius 3 is 2.43 bits per heavy atom. The number of nitrogens with zero attached hydrogens (tertiary/aromatic N) is 1. The molecule has 78 valence electrons. The minimum Gasteiger partial charge on any atom is -0.411 e. The zero-order chi connectivity index (χ0) is 9.76. The van der Waals surface area contributed by atoms with Gasteiger partial charge in [-0.25, -0.2) is 0 Å². The summed E-state index contributed by atoms with van der Waals surface area (Å²) in [5, 5.41) is 12.2. The van der Waals surface area contributed by atoms with Gasteiger partial charge in [0.05, 0.1) is 6.21 Å². The molecular formula is C12H19NO. The van der Waals surface area contributed by atoms with E-state index >= 15 is 0 Å². The van der Waals surface area contributed by atoms with Crippen molar-refractivity contribution in [2.24, 2.45) is 34.2 Å². The molecule has 0 aromatic heterocycles. The van der Waals surface area contributed by atoms with Crippen molar-refractivity contribution in [2.75, 3.05) is 0 Å². The van der Waals surface area contributed by atoms with Crippen molar-refractivity contribution in [3.8, 4) is 0 Å². The van der Waals surface area contributed by atoms with Crippen molar-refractivity contribution in [3.05, 3.63) is 0 Å². The van der Waals surface area contributed by atoms with Gasteiger partial charge in [0.25, 0.3) is 0 Å². The summed E-state index contributed by atoms with van der Waals surface area (Å²) in [4.78, 5) is 0. The predicted octanol–water partition coefficient (Wildman–Crippen LogP) is 2.91. The van der Waals surface area contributed by atoms with E-state index in [1.807, 2.05) is 6.21 Å². The van der Waals surface area contributed by atoms with E-state index < -0.39 is 0 Å². The van der Waals surface area contributed by atoms with Gasteiger partial charge in [-0.1, -0.05) is 6.92 Å². The van der Waals surface area contributed by atoms with Gasteiger partial charge in [0.2, 0.25) is 0 Å². The van der Waals surface area contributed by atoms with Crippen molar-refractivity contribution in [3.63, 3.8) is 0 Å². The van der Waals surface area contributed by atoms with E-state index in [2.05, 4.69) is 12.1 Å². The van der Waals surface area contributed by atoms with Crippen LogP contribution in [-0.2, 0) is 0 Å². The maximum absolute atomic E-state index is 8.81. The molecular weight excluding hydrogens is 174 g/mol. The predicted molar refractivity (Wildman–Crippen MR) is 55.4 cm³/mol. The van der Waals surface area contributed by atoms with Crippen molar-refractivity contribution in [1.29, 1.82) is 0 Å². The maximum Gasteiger partial charge on any atom is 0.0500 e. The SMILES string of the molecule is CC1C2CC3CC(C2)CC1(C=NO)C3. The molecule has 0 saturated heterocycles. The molecule has 2 nitrogen and oxygen atoms in total. The molecule has 4 aliphatic carbocycles. The second-order valence-corrected chi connectivity index (χ2v) is 5.87. The van der Waals surface area contributed by atoms with E-state index in [0.29, 0.717) is 0 Å². The van der Waals surface area contributed by atoms with Gasteiger partial charge in [-0.2, -0.15) is 0 Å². The molecule has 2 heteroatoms. The first-order valence-corrected chi connectivity index (χ1v) is 5.92. The van der Waals surface area contributed by atoms with Gasteiger partial charge in [-0.3, -0.25) is 0 Å². The van der Waals surface area contributed by atoms with Gasteiger partial charge in [0.15, 0.2) is 0 Å². The minimum absolute atomic E-state index is 0.267. The topological polar surface area (TPSA) is 32.6 Å². The van der Waals surface area contributed by atoms with Crippen LogP contribution in [0.1, 0.15) is 39.0 Å². The van der Waals surface area contributed by atoms with Gasteiger partial charge in [0.1, 0.15) is 0 Å². The summed E-state index contributed by atoms with van der Waals surface area (Å²) in [5.74, 6) is 3.52. The largest absolute Gasteiger partial charge is 0.411 e. The average molecular weight is 193 g/mol. The summed E-state index contributed by atoms with van der Waals surface area (Å²) in [5.41, 5.74) is 0.267. The van der Waals surface area contributed by atoms with E-state index in [1.165, 1.54) is 32.1 Å². The molecule has 3 atom stereocenters. The van der Waals surface area contributed by atoms with E-state index in [4.69, 9.17) is 5.21 Å². The van der Waals surface area contributed by atoms with Crippen LogP contribution in [0.3, 0.4) is 0 Å². The van der Waals surface area contributed by atoms with E-state index in [1.54, 1.807) is 0 Å². The highest BCUT2D eigenvalue weighted by atomic mass is 16.4. The van der Waals surface area contributed by atoms with Gasteiger partial charge in [0, 0.05) is 5.41 Å². The molecule has 4 aliphatic rings. The van der Waals surface area contributed by atoms with Crippen LogP contribution in [0.2, 0.25) is 0 Å². The number of hydrogen-bond acceptors (Lipinski definition) is 2. The molecule has 1 N–H and O–H groups in total. The molecule has 3 unspecified atom stereocenters. The molecule has 4 fully saturated rings. The molecule has 0 aromatic rings. The highest BCUT2D eigenvalue weighted by molar-refractivity contribution is 5.66. The molecule has 0 aromatic carbocycles. The van der Waals surface area contributed by atoms with Crippen LogP contribution in [0.5, 0.6) is 0 Å². The highest BCUT2D eigenvalue weighted by Gasteiger charge is 2.54. The Labute approximate surface area is 85.4 Å². The maximum atomic E-state index is 8.81. The Morgan fingerprint density at radius 1 is 1.21 bits per heavy atom. The molecule has 4 saturated carbocycles. The molecule has 4 bridgehead atoms. The lowest BCUT2D eigenvalue weighted by molar-refractivity contribution is -0.0598. The molecule has 4 rings (SSSR count). The van der Waals surface area contributed by atoms with Crippen LogP contribution in [0.25, 0.3) is 0 Å². The Morgan fingerprint density at radius 2 is 1.86 bits per heavy atom. The first-order chi connectivity index (χ1) is 6.73. The summed E-state index contributed by atoms with van der Waals surface area (Å²) in [7, 11) is 0.